The Labute approximate surface area is 110 Å². The van der Waals surface area contributed by atoms with Crippen molar-refractivity contribution in [3.8, 4) is 0 Å². The van der Waals surface area contributed by atoms with Gasteiger partial charge in [0, 0.05) is 5.56 Å². The first kappa shape index (κ1) is 11.4. The highest BCUT2D eigenvalue weighted by atomic mass is 35.5. The minimum atomic E-state index is 0.409. The highest BCUT2D eigenvalue weighted by molar-refractivity contribution is 6.16. The van der Waals surface area contributed by atoms with Crippen molar-refractivity contribution in [1.82, 2.24) is 9.55 Å². The maximum atomic E-state index is 5.99. The number of benzene rings is 1. The van der Waals surface area contributed by atoms with E-state index in [9.17, 15) is 0 Å². The summed E-state index contributed by atoms with van der Waals surface area (Å²) in [5.74, 6) is 1.30. The number of aromatic nitrogens is 2. The molecule has 0 N–H and O–H groups in total. The first-order valence-corrected chi connectivity index (χ1v) is 6.35. The van der Waals surface area contributed by atoms with Crippen molar-refractivity contribution >= 4 is 22.6 Å². The van der Waals surface area contributed by atoms with Crippen LogP contribution in [-0.4, -0.2) is 9.55 Å². The monoisotopic (exact) mass is 260 g/mol. The lowest BCUT2D eigenvalue weighted by atomic mass is 10.2. The summed E-state index contributed by atoms with van der Waals surface area (Å²) in [6.07, 6.45) is 3.43. The number of halogens is 1. The van der Waals surface area contributed by atoms with Crippen molar-refractivity contribution < 1.29 is 4.42 Å². The van der Waals surface area contributed by atoms with Crippen LogP contribution in [0.5, 0.6) is 0 Å². The molecule has 3 aromatic rings. The van der Waals surface area contributed by atoms with Crippen LogP contribution in [0.2, 0.25) is 0 Å². The molecule has 0 atom stereocenters. The predicted molar refractivity (Wildman–Crippen MR) is 71.8 cm³/mol. The third kappa shape index (κ3) is 1.81. The molecule has 0 unspecified atom stereocenters. The zero-order valence-corrected chi connectivity index (χ0v) is 10.8. The summed E-state index contributed by atoms with van der Waals surface area (Å²) < 4.78 is 7.27. The van der Waals surface area contributed by atoms with E-state index >= 15 is 0 Å². The molecule has 0 saturated heterocycles. The van der Waals surface area contributed by atoms with Crippen LogP contribution < -0.4 is 0 Å². The van der Waals surface area contributed by atoms with Crippen LogP contribution >= 0.6 is 11.6 Å². The van der Waals surface area contributed by atoms with Gasteiger partial charge in [0.25, 0.3) is 0 Å². The number of aryl methyl sites for hydroxylation is 1. The van der Waals surface area contributed by atoms with Crippen LogP contribution in [0.4, 0.5) is 0 Å². The van der Waals surface area contributed by atoms with E-state index in [0.717, 1.165) is 29.0 Å². The van der Waals surface area contributed by atoms with E-state index in [1.165, 1.54) is 5.56 Å². The second kappa shape index (κ2) is 4.50. The Kier molecular flexibility index (Phi) is 2.84. The van der Waals surface area contributed by atoms with Crippen molar-refractivity contribution in [3.05, 3.63) is 53.7 Å². The topological polar surface area (TPSA) is 31.0 Å². The molecule has 3 nitrogen and oxygen atoms in total. The summed E-state index contributed by atoms with van der Waals surface area (Å²) >= 11 is 5.99. The SMILES string of the molecule is Cc1cccc2nc(CCl)n(Cc3ccoc3)c12. The highest BCUT2D eigenvalue weighted by Crippen LogP contribution is 2.22. The summed E-state index contributed by atoms with van der Waals surface area (Å²) in [6, 6.07) is 8.09. The standard InChI is InChI=1S/C14H13ClN2O/c1-10-3-2-4-12-14(10)17(13(7-15)16-12)8-11-5-6-18-9-11/h2-6,9H,7-8H2,1H3. The number of para-hydroxylation sites is 1. The molecule has 0 amide bonds. The molecule has 0 bridgehead atoms. The van der Waals surface area contributed by atoms with Gasteiger partial charge in [-0.3, -0.25) is 0 Å². The number of nitrogens with zero attached hydrogens (tertiary/aromatic N) is 2. The Hall–Kier alpha value is -1.74. The Bertz CT molecular complexity index is 670. The minimum absolute atomic E-state index is 0.409. The maximum Gasteiger partial charge on any atom is 0.125 e. The Morgan fingerprint density at radius 2 is 2.22 bits per heavy atom. The fourth-order valence-corrected chi connectivity index (χ4v) is 2.45. The quantitative estimate of drug-likeness (QED) is 0.672. The maximum absolute atomic E-state index is 5.99. The number of furan rings is 1. The van der Waals surface area contributed by atoms with Gasteiger partial charge < -0.3 is 8.98 Å². The fraction of sp³-hybridized carbons (Fsp3) is 0.214. The number of imidazole rings is 1. The molecule has 0 radical (unpaired) electrons. The fourth-order valence-electron chi connectivity index (χ4n) is 2.25. The van der Waals surface area contributed by atoms with Gasteiger partial charge >= 0.3 is 0 Å². The number of hydrogen-bond donors (Lipinski definition) is 0. The number of hydrogen-bond acceptors (Lipinski definition) is 2. The minimum Gasteiger partial charge on any atom is -0.472 e. The lowest BCUT2D eigenvalue weighted by molar-refractivity contribution is 0.562. The van der Waals surface area contributed by atoms with E-state index in [2.05, 4.69) is 22.5 Å². The molecule has 2 heterocycles. The first-order valence-electron chi connectivity index (χ1n) is 5.81. The number of fused-ring (bicyclic) bond motifs is 1. The van der Waals surface area contributed by atoms with E-state index in [0.29, 0.717) is 5.88 Å². The lowest BCUT2D eigenvalue weighted by Gasteiger charge is -2.07. The highest BCUT2D eigenvalue weighted by Gasteiger charge is 2.12. The number of rotatable bonds is 3. The Balaban J connectivity index is 2.19. The molecule has 0 spiro atoms. The van der Waals surface area contributed by atoms with E-state index in [1.807, 2.05) is 18.2 Å². The van der Waals surface area contributed by atoms with Gasteiger partial charge in [0.05, 0.1) is 36.0 Å². The van der Waals surface area contributed by atoms with Crippen LogP contribution in [0.25, 0.3) is 11.0 Å². The molecule has 0 saturated carbocycles. The third-order valence-corrected chi connectivity index (χ3v) is 3.33. The van der Waals surface area contributed by atoms with Crippen molar-refractivity contribution in [2.45, 2.75) is 19.3 Å². The molecule has 0 fully saturated rings. The second-order valence-electron chi connectivity index (χ2n) is 4.32. The van der Waals surface area contributed by atoms with Crippen LogP contribution in [0.3, 0.4) is 0 Å². The summed E-state index contributed by atoms with van der Waals surface area (Å²) in [6.45, 7) is 2.83. The Morgan fingerprint density at radius 3 is 2.94 bits per heavy atom. The van der Waals surface area contributed by atoms with Crippen LogP contribution in [-0.2, 0) is 12.4 Å². The second-order valence-corrected chi connectivity index (χ2v) is 4.59. The third-order valence-electron chi connectivity index (χ3n) is 3.09. The molecule has 1 aromatic carbocycles. The average molecular weight is 261 g/mol. The van der Waals surface area contributed by atoms with E-state index < -0.39 is 0 Å². The van der Waals surface area contributed by atoms with Crippen molar-refractivity contribution in [3.63, 3.8) is 0 Å². The molecule has 92 valence electrons. The first-order chi connectivity index (χ1) is 8.79. The largest absolute Gasteiger partial charge is 0.472 e. The summed E-state index contributed by atoms with van der Waals surface area (Å²) in [4.78, 5) is 4.57. The molecule has 0 aliphatic rings. The molecule has 4 heteroatoms. The summed E-state index contributed by atoms with van der Waals surface area (Å²) in [5.41, 5.74) is 4.47. The van der Waals surface area contributed by atoms with Crippen LogP contribution in [0.15, 0.2) is 41.2 Å². The van der Waals surface area contributed by atoms with Gasteiger partial charge in [-0.1, -0.05) is 12.1 Å². The molecular weight excluding hydrogens is 248 g/mol. The Morgan fingerprint density at radius 1 is 1.33 bits per heavy atom. The molecule has 3 rings (SSSR count). The zero-order chi connectivity index (χ0) is 12.5. The van der Waals surface area contributed by atoms with Gasteiger partial charge in [-0.25, -0.2) is 4.98 Å². The van der Waals surface area contributed by atoms with E-state index in [1.54, 1.807) is 12.5 Å². The van der Waals surface area contributed by atoms with Crippen LogP contribution in [0.1, 0.15) is 17.0 Å². The molecular formula is C14H13ClN2O. The van der Waals surface area contributed by atoms with Crippen molar-refractivity contribution in [1.29, 1.82) is 0 Å². The average Bonchev–Trinajstić information content (AvgIpc) is 2.98. The molecule has 2 aromatic heterocycles. The van der Waals surface area contributed by atoms with Gasteiger partial charge in [-0.15, -0.1) is 11.6 Å². The molecule has 0 aliphatic heterocycles. The lowest BCUT2D eigenvalue weighted by Crippen LogP contribution is -2.03. The van der Waals surface area contributed by atoms with Gasteiger partial charge in [0.1, 0.15) is 5.82 Å². The van der Waals surface area contributed by atoms with Crippen molar-refractivity contribution in [2.24, 2.45) is 0 Å². The van der Waals surface area contributed by atoms with Gasteiger partial charge in [0.15, 0.2) is 0 Å². The molecule has 0 aliphatic carbocycles. The van der Waals surface area contributed by atoms with E-state index in [4.69, 9.17) is 16.0 Å². The smallest absolute Gasteiger partial charge is 0.125 e. The summed E-state index contributed by atoms with van der Waals surface area (Å²) in [5, 5.41) is 0. The van der Waals surface area contributed by atoms with Crippen molar-refractivity contribution in [2.75, 3.05) is 0 Å². The van der Waals surface area contributed by atoms with Gasteiger partial charge in [0.2, 0.25) is 0 Å². The van der Waals surface area contributed by atoms with Crippen LogP contribution in [0, 0.1) is 6.92 Å². The number of alkyl halides is 1. The van der Waals surface area contributed by atoms with E-state index in [-0.39, 0.29) is 0 Å². The predicted octanol–water partition coefficient (Wildman–Crippen LogP) is 3.72. The summed E-state index contributed by atoms with van der Waals surface area (Å²) in [7, 11) is 0. The normalized spacial score (nSPS) is 11.2. The van der Waals surface area contributed by atoms with Gasteiger partial charge in [-0.05, 0) is 24.6 Å². The zero-order valence-electron chi connectivity index (χ0n) is 10.1. The van der Waals surface area contributed by atoms with Gasteiger partial charge in [-0.2, -0.15) is 0 Å². The molecule has 18 heavy (non-hydrogen) atoms.